The van der Waals surface area contributed by atoms with Crippen molar-refractivity contribution in [3.05, 3.63) is 0 Å². The first-order valence-electron chi connectivity index (χ1n) is 6.69. The maximum absolute atomic E-state index is 12.2. The molecular weight excluding hydrogens is 232 g/mol. The molecule has 0 aromatic heterocycles. The average molecular weight is 256 g/mol. The molecular formula is C13H24N2O3. The van der Waals surface area contributed by atoms with Gasteiger partial charge in [0.05, 0.1) is 0 Å². The minimum Gasteiger partial charge on any atom is -0.375 e. The second kappa shape index (κ2) is 7.36. The van der Waals surface area contributed by atoms with E-state index in [9.17, 15) is 9.59 Å². The van der Waals surface area contributed by atoms with Crippen molar-refractivity contribution in [3.63, 3.8) is 0 Å². The quantitative estimate of drug-likeness (QED) is 0.729. The summed E-state index contributed by atoms with van der Waals surface area (Å²) >= 11 is 0. The van der Waals surface area contributed by atoms with Crippen LogP contribution >= 0.6 is 0 Å². The Morgan fingerprint density at radius 1 is 1.06 bits per heavy atom. The number of carbonyl (C=O) groups excluding carboxylic acids is 2. The molecule has 1 heterocycles. The highest BCUT2D eigenvalue weighted by molar-refractivity contribution is 5.80. The Morgan fingerprint density at radius 2 is 1.56 bits per heavy atom. The van der Waals surface area contributed by atoms with E-state index in [1.54, 1.807) is 4.90 Å². The summed E-state index contributed by atoms with van der Waals surface area (Å²) in [5.74, 6) is 0.372. The fourth-order valence-electron chi connectivity index (χ4n) is 2.29. The van der Waals surface area contributed by atoms with E-state index in [0.717, 1.165) is 12.8 Å². The van der Waals surface area contributed by atoms with Gasteiger partial charge in [0, 0.05) is 39.2 Å². The molecule has 1 rings (SSSR count). The van der Waals surface area contributed by atoms with Gasteiger partial charge in [0.2, 0.25) is 11.8 Å². The predicted molar refractivity (Wildman–Crippen MR) is 69.1 cm³/mol. The number of hydrogen-bond acceptors (Lipinski definition) is 3. The van der Waals surface area contributed by atoms with Crippen molar-refractivity contribution in [2.45, 2.75) is 26.7 Å². The van der Waals surface area contributed by atoms with Crippen LogP contribution in [0, 0.1) is 5.92 Å². The van der Waals surface area contributed by atoms with Crippen LogP contribution in [0.2, 0.25) is 0 Å². The van der Waals surface area contributed by atoms with E-state index in [1.165, 1.54) is 7.11 Å². The number of carbonyl (C=O) groups is 2. The first-order chi connectivity index (χ1) is 8.63. The smallest absolute Gasteiger partial charge is 0.248 e. The standard InChI is InChI=1S/C13H24N2O3/c1-4-11(5-2)13(17)15-8-6-14(7-9-15)12(16)10-18-3/h11H,4-10H2,1-3H3. The van der Waals surface area contributed by atoms with Gasteiger partial charge in [0.25, 0.3) is 0 Å². The molecule has 0 saturated carbocycles. The van der Waals surface area contributed by atoms with Gasteiger partial charge in [-0.2, -0.15) is 0 Å². The Kier molecular flexibility index (Phi) is 6.12. The molecule has 1 saturated heterocycles. The molecule has 0 spiro atoms. The second-order valence-electron chi connectivity index (χ2n) is 4.65. The molecule has 0 aromatic carbocycles. The molecule has 0 aromatic rings. The van der Waals surface area contributed by atoms with Crippen molar-refractivity contribution >= 4 is 11.8 Å². The Bertz CT molecular complexity index is 282. The Labute approximate surface area is 109 Å². The predicted octanol–water partition coefficient (Wildman–Crippen LogP) is 0.740. The van der Waals surface area contributed by atoms with E-state index in [-0.39, 0.29) is 24.3 Å². The van der Waals surface area contributed by atoms with Crippen LogP contribution in [-0.4, -0.2) is 61.5 Å². The van der Waals surface area contributed by atoms with E-state index in [4.69, 9.17) is 4.74 Å². The zero-order valence-electron chi connectivity index (χ0n) is 11.6. The molecule has 2 amide bonds. The van der Waals surface area contributed by atoms with Crippen LogP contribution in [-0.2, 0) is 14.3 Å². The monoisotopic (exact) mass is 256 g/mol. The lowest BCUT2D eigenvalue weighted by Gasteiger charge is -2.36. The maximum Gasteiger partial charge on any atom is 0.248 e. The third kappa shape index (κ3) is 3.70. The van der Waals surface area contributed by atoms with E-state index in [0.29, 0.717) is 26.2 Å². The molecule has 1 fully saturated rings. The van der Waals surface area contributed by atoms with Gasteiger partial charge < -0.3 is 14.5 Å². The molecule has 5 nitrogen and oxygen atoms in total. The van der Waals surface area contributed by atoms with Gasteiger partial charge in [-0.3, -0.25) is 9.59 Å². The molecule has 0 aliphatic carbocycles. The summed E-state index contributed by atoms with van der Waals surface area (Å²) in [4.78, 5) is 27.4. The number of nitrogens with zero attached hydrogens (tertiary/aromatic N) is 2. The van der Waals surface area contributed by atoms with Gasteiger partial charge in [-0.05, 0) is 12.8 Å². The number of piperazine rings is 1. The summed E-state index contributed by atoms with van der Waals surface area (Å²) in [6.45, 7) is 6.74. The number of hydrogen-bond donors (Lipinski definition) is 0. The van der Waals surface area contributed by atoms with Crippen molar-refractivity contribution < 1.29 is 14.3 Å². The first kappa shape index (κ1) is 15.0. The third-order valence-corrected chi connectivity index (χ3v) is 3.55. The van der Waals surface area contributed by atoms with Crippen LogP contribution in [0.1, 0.15) is 26.7 Å². The van der Waals surface area contributed by atoms with Gasteiger partial charge in [0.15, 0.2) is 0 Å². The van der Waals surface area contributed by atoms with Crippen LogP contribution in [0.4, 0.5) is 0 Å². The molecule has 0 radical (unpaired) electrons. The highest BCUT2D eigenvalue weighted by Crippen LogP contribution is 2.14. The van der Waals surface area contributed by atoms with Gasteiger partial charge in [-0.15, -0.1) is 0 Å². The summed E-state index contributed by atoms with van der Waals surface area (Å²) < 4.78 is 4.83. The maximum atomic E-state index is 12.2. The molecule has 0 N–H and O–H groups in total. The summed E-state index contributed by atoms with van der Waals surface area (Å²) in [6.07, 6.45) is 1.77. The molecule has 1 aliphatic rings. The molecule has 0 unspecified atom stereocenters. The molecule has 0 atom stereocenters. The van der Waals surface area contributed by atoms with Crippen molar-refractivity contribution in [1.82, 2.24) is 9.80 Å². The molecule has 0 bridgehead atoms. The zero-order chi connectivity index (χ0) is 13.5. The lowest BCUT2D eigenvalue weighted by molar-refractivity contribution is -0.144. The Hall–Kier alpha value is -1.10. The summed E-state index contributed by atoms with van der Waals surface area (Å²) in [5, 5.41) is 0. The number of methoxy groups -OCH3 is 1. The van der Waals surface area contributed by atoms with Crippen molar-refractivity contribution in [3.8, 4) is 0 Å². The lowest BCUT2D eigenvalue weighted by atomic mass is 10.0. The van der Waals surface area contributed by atoms with Crippen LogP contribution in [0.25, 0.3) is 0 Å². The molecule has 5 heteroatoms. The summed E-state index contributed by atoms with van der Waals surface area (Å²) in [7, 11) is 1.52. The third-order valence-electron chi connectivity index (χ3n) is 3.55. The first-order valence-corrected chi connectivity index (χ1v) is 6.69. The Balaban J connectivity index is 2.43. The number of amides is 2. The number of ether oxygens (including phenoxy) is 1. The van der Waals surface area contributed by atoms with Crippen molar-refractivity contribution in [1.29, 1.82) is 0 Å². The topological polar surface area (TPSA) is 49.9 Å². The largest absolute Gasteiger partial charge is 0.375 e. The highest BCUT2D eigenvalue weighted by Gasteiger charge is 2.26. The van der Waals surface area contributed by atoms with Gasteiger partial charge in [0.1, 0.15) is 6.61 Å². The van der Waals surface area contributed by atoms with Gasteiger partial charge in [-0.25, -0.2) is 0 Å². The molecule has 1 aliphatic heterocycles. The highest BCUT2D eigenvalue weighted by atomic mass is 16.5. The molecule has 104 valence electrons. The molecule has 18 heavy (non-hydrogen) atoms. The van der Waals surface area contributed by atoms with Crippen LogP contribution in [0.3, 0.4) is 0 Å². The van der Waals surface area contributed by atoms with E-state index >= 15 is 0 Å². The lowest BCUT2D eigenvalue weighted by Crippen LogP contribution is -2.52. The average Bonchev–Trinajstić information content (AvgIpc) is 2.40. The normalized spacial score (nSPS) is 16.2. The zero-order valence-corrected chi connectivity index (χ0v) is 11.6. The fourth-order valence-corrected chi connectivity index (χ4v) is 2.29. The van der Waals surface area contributed by atoms with Gasteiger partial charge in [-0.1, -0.05) is 13.8 Å². The van der Waals surface area contributed by atoms with Crippen LogP contribution in [0.15, 0.2) is 0 Å². The second-order valence-corrected chi connectivity index (χ2v) is 4.65. The van der Waals surface area contributed by atoms with E-state index < -0.39 is 0 Å². The van der Waals surface area contributed by atoms with Crippen LogP contribution < -0.4 is 0 Å². The SMILES string of the molecule is CCC(CC)C(=O)N1CCN(C(=O)COC)CC1. The van der Waals surface area contributed by atoms with E-state index in [2.05, 4.69) is 0 Å². The summed E-state index contributed by atoms with van der Waals surface area (Å²) in [6, 6.07) is 0. The number of rotatable bonds is 5. The minimum absolute atomic E-state index is 0.00660. The fraction of sp³-hybridized carbons (Fsp3) is 0.846. The van der Waals surface area contributed by atoms with Crippen molar-refractivity contribution in [2.75, 3.05) is 39.9 Å². The van der Waals surface area contributed by atoms with Gasteiger partial charge >= 0.3 is 0 Å². The Morgan fingerprint density at radius 3 is 2.00 bits per heavy atom. The minimum atomic E-state index is 0.00660. The van der Waals surface area contributed by atoms with E-state index in [1.807, 2.05) is 18.7 Å². The summed E-state index contributed by atoms with van der Waals surface area (Å²) in [5.41, 5.74) is 0. The van der Waals surface area contributed by atoms with Crippen molar-refractivity contribution in [2.24, 2.45) is 5.92 Å². The van der Waals surface area contributed by atoms with Crippen LogP contribution in [0.5, 0.6) is 0 Å².